The minimum atomic E-state index is 0.800. The number of anilines is 3. The van der Waals surface area contributed by atoms with Crippen molar-refractivity contribution in [1.82, 2.24) is 19.3 Å². The summed E-state index contributed by atoms with van der Waals surface area (Å²) in [6, 6.07) is 62.1. The van der Waals surface area contributed by atoms with Gasteiger partial charge in [0, 0.05) is 50.3 Å². The van der Waals surface area contributed by atoms with E-state index >= 15 is 0 Å². The van der Waals surface area contributed by atoms with E-state index in [1.165, 1.54) is 32.9 Å². The number of hydrogen-bond acceptors (Lipinski definition) is 3. The zero-order valence-corrected chi connectivity index (χ0v) is 28.5. The number of aryl methyl sites for hydroxylation is 2. The van der Waals surface area contributed by atoms with Crippen LogP contribution in [0.3, 0.4) is 0 Å². The van der Waals surface area contributed by atoms with E-state index < -0.39 is 0 Å². The van der Waals surface area contributed by atoms with E-state index in [9.17, 15) is 0 Å². The molecular weight excluding hydrogens is 623 g/mol. The summed E-state index contributed by atoms with van der Waals surface area (Å²) in [5.41, 5.74) is 12.2. The van der Waals surface area contributed by atoms with Crippen LogP contribution in [0.25, 0.3) is 56.0 Å². The largest absolute Gasteiger partial charge is 0.310 e. The Labute approximate surface area is 297 Å². The number of nitrogens with zero attached hydrogens (tertiary/aromatic N) is 5. The minimum Gasteiger partial charge on any atom is -0.310 e. The van der Waals surface area contributed by atoms with Gasteiger partial charge in [0.1, 0.15) is 0 Å². The van der Waals surface area contributed by atoms with Gasteiger partial charge in [0.15, 0.2) is 11.6 Å². The molecule has 0 saturated heterocycles. The third-order valence-electron chi connectivity index (χ3n) is 9.50. The fourth-order valence-corrected chi connectivity index (χ4v) is 7.31. The molecule has 0 fully saturated rings. The van der Waals surface area contributed by atoms with E-state index in [0.29, 0.717) is 0 Å². The Morgan fingerprint density at radius 3 is 1.27 bits per heavy atom. The Bertz CT molecular complexity index is 2500. The molecule has 0 amide bonds. The molecule has 0 atom stereocenters. The van der Waals surface area contributed by atoms with Crippen molar-refractivity contribution in [2.45, 2.75) is 13.8 Å². The standard InChI is InChI=1S/C46H35N5/c1-32-29-33(2)31-40(30-32)49(36-21-25-38(26-22-36)50-43-19-11-9-17-41(43)42-18-10-12-20-44(42)50)37-23-27-39(28-24-37)51-45(34-13-5-3-6-14-34)47-48-46(51)35-15-7-4-8-16-35/h3-31H,1-2H3. The topological polar surface area (TPSA) is 38.9 Å². The molecular formula is C46H35N5. The van der Waals surface area contributed by atoms with Crippen molar-refractivity contribution in [3.05, 3.63) is 187 Å². The Kier molecular flexibility index (Phi) is 7.51. The van der Waals surface area contributed by atoms with Crippen LogP contribution in [-0.2, 0) is 0 Å². The molecule has 0 radical (unpaired) electrons. The van der Waals surface area contributed by atoms with Crippen molar-refractivity contribution >= 4 is 38.9 Å². The second-order valence-corrected chi connectivity index (χ2v) is 13.0. The molecule has 0 aliphatic rings. The van der Waals surface area contributed by atoms with Gasteiger partial charge in [-0.05, 0) is 97.8 Å². The molecule has 7 aromatic carbocycles. The fourth-order valence-electron chi connectivity index (χ4n) is 7.31. The van der Waals surface area contributed by atoms with Crippen molar-refractivity contribution in [2.75, 3.05) is 4.90 Å². The average Bonchev–Trinajstić information content (AvgIpc) is 3.76. The first-order valence-corrected chi connectivity index (χ1v) is 17.3. The van der Waals surface area contributed by atoms with Gasteiger partial charge >= 0.3 is 0 Å². The summed E-state index contributed by atoms with van der Waals surface area (Å²) in [6.45, 7) is 4.32. The number of para-hydroxylation sites is 2. The highest BCUT2D eigenvalue weighted by Gasteiger charge is 2.19. The van der Waals surface area contributed by atoms with Crippen molar-refractivity contribution in [3.63, 3.8) is 0 Å². The molecule has 0 bridgehead atoms. The van der Waals surface area contributed by atoms with Gasteiger partial charge in [0.2, 0.25) is 0 Å². The van der Waals surface area contributed by atoms with Crippen molar-refractivity contribution in [2.24, 2.45) is 0 Å². The van der Waals surface area contributed by atoms with Gasteiger partial charge in [-0.2, -0.15) is 0 Å². The van der Waals surface area contributed by atoms with E-state index in [4.69, 9.17) is 0 Å². The van der Waals surface area contributed by atoms with E-state index in [-0.39, 0.29) is 0 Å². The first-order valence-electron chi connectivity index (χ1n) is 17.3. The van der Waals surface area contributed by atoms with Gasteiger partial charge in [-0.3, -0.25) is 4.57 Å². The van der Waals surface area contributed by atoms with Gasteiger partial charge in [-0.25, -0.2) is 0 Å². The smallest absolute Gasteiger partial charge is 0.168 e. The molecule has 0 aliphatic heterocycles. The third-order valence-corrected chi connectivity index (χ3v) is 9.50. The number of hydrogen-bond donors (Lipinski definition) is 0. The fraction of sp³-hybridized carbons (Fsp3) is 0.0435. The number of aromatic nitrogens is 4. The zero-order valence-electron chi connectivity index (χ0n) is 28.5. The summed E-state index contributed by atoms with van der Waals surface area (Å²) < 4.78 is 4.51. The highest BCUT2D eigenvalue weighted by atomic mass is 15.3. The van der Waals surface area contributed by atoms with Crippen LogP contribution in [0.15, 0.2) is 176 Å². The maximum absolute atomic E-state index is 4.68. The molecule has 0 aliphatic carbocycles. The molecule has 0 saturated carbocycles. The summed E-state index contributed by atoms with van der Waals surface area (Å²) in [6.07, 6.45) is 0. The van der Waals surface area contributed by atoms with Crippen LogP contribution in [0.4, 0.5) is 17.1 Å². The second kappa shape index (κ2) is 12.6. The van der Waals surface area contributed by atoms with Gasteiger partial charge in [0.25, 0.3) is 0 Å². The minimum absolute atomic E-state index is 0.800. The Morgan fingerprint density at radius 2 is 0.804 bits per heavy atom. The molecule has 5 heteroatoms. The molecule has 0 N–H and O–H groups in total. The van der Waals surface area contributed by atoms with Crippen LogP contribution < -0.4 is 4.90 Å². The highest BCUT2D eigenvalue weighted by Crippen LogP contribution is 2.38. The number of rotatable bonds is 7. The summed E-state index contributed by atoms with van der Waals surface area (Å²) >= 11 is 0. The number of fused-ring (bicyclic) bond motifs is 3. The predicted octanol–water partition coefficient (Wildman–Crippen LogP) is 11.8. The molecule has 5 nitrogen and oxygen atoms in total. The normalized spacial score (nSPS) is 11.3. The van der Waals surface area contributed by atoms with Crippen molar-refractivity contribution in [3.8, 4) is 34.2 Å². The zero-order chi connectivity index (χ0) is 34.3. The Balaban J connectivity index is 1.16. The lowest BCUT2D eigenvalue weighted by atomic mass is 10.1. The van der Waals surface area contributed by atoms with E-state index in [1.54, 1.807) is 0 Å². The number of benzene rings is 7. The maximum atomic E-state index is 4.68. The molecule has 51 heavy (non-hydrogen) atoms. The van der Waals surface area contributed by atoms with Gasteiger partial charge < -0.3 is 9.47 Å². The molecule has 0 unspecified atom stereocenters. The van der Waals surface area contributed by atoms with Crippen LogP contribution in [0.2, 0.25) is 0 Å². The van der Waals surface area contributed by atoms with Gasteiger partial charge in [-0.15, -0.1) is 10.2 Å². The van der Waals surface area contributed by atoms with Crippen molar-refractivity contribution in [1.29, 1.82) is 0 Å². The Morgan fingerprint density at radius 1 is 0.392 bits per heavy atom. The van der Waals surface area contributed by atoms with Crippen LogP contribution in [0, 0.1) is 13.8 Å². The van der Waals surface area contributed by atoms with Crippen LogP contribution in [0.1, 0.15) is 11.1 Å². The lowest BCUT2D eigenvalue weighted by molar-refractivity contribution is 1.07. The lowest BCUT2D eigenvalue weighted by Crippen LogP contribution is -2.11. The monoisotopic (exact) mass is 657 g/mol. The second-order valence-electron chi connectivity index (χ2n) is 13.0. The molecule has 0 spiro atoms. The summed E-state index contributed by atoms with van der Waals surface area (Å²) in [7, 11) is 0. The molecule has 2 heterocycles. The summed E-state index contributed by atoms with van der Waals surface area (Å²) in [5, 5.41) is 11.9. The Hall–Kier alpha value is -6.72. The maximum Gasteiger partial charge on any atom is 0.168 e. The molecule has 2 aromatic heterocycles. The SMILES string of the molecule is Cc1cc(C)cc(N(c2ccc(-n3c(-c4ccccc4)nnc3-c3ccccc3)cc2)c2ccc(-n3c4ccccc4c4ccccc43)cc2)c1. The molecule has 244 valence electrons. The van der Waals surface area contributed by atoms with E-state index in [0.717, 1.165) is 51.2 Å². The third kappa shape index (κ3) is 5.45. The van der Waals surface area contributed by atoms with Crippen molar-refractivity contribution < 1.29 is 0 Å². The quantitative estimate of drug-likeness (QED) is 0.171. The van der Waals surface area contributed by atoms with Crippen LogP contribution in [-0.4, -0.2) is 19.3 Å². The van der Waals surface area contributed by atoms with Gasteiger partial charge in [-0.1, -0.05) is 103 Å². The first kappa shape index (κ1) is 30.3. The highest BCUT2D eigenvalue weighted by molar-refractivity contribution is 6.09. The van der Waals surface area contributed by atoms with Crippen LogP contribution in [0.5, 0.6) is 0 Å². The van der Waals surface area contributed by atoms with Crippen LogP contribution >= 0.6 is 0 Å². The van der Waals surface area contributed by atoms with E-state index in [1.807, 2.05) is 36.4 Å². The average molecular weight is 658 g/mol. The van der Waals surface area contributed by atoms with E-state index in [2.05, 4.69) is 178 Å². The van der Waals surface area contributed by atoms with Gasteiger partial charge in [0.05, 0.1) is 11.0 Å². The first-order chi connectivity index (χ1) is 25.1. The predicted molar refractivity (Wildman–Crippen MR) is 211 cm³/mol. The lowest BCUT2D eigenvalue weighted by Gasteiger charge is -2.27. The molecule has 9 rings (SSSR count). The summed E-state index contributed by atoms with van der Waals surface area (Å²) in [4.78, 5) is 2.34. The summed E-state index contributed by atoms with van der Waals surface area (Å²) in [5.74, 6) is 1.60. The molecule has 9 aromatic rings.